The van der Waals surface area contributed by atoms with Gasteiger partial charge in [-0.25, -0.2) is 9.97 Å². The van der Waals surface area contributed by atoms with Crippen LogP contribution in [0.25, 0.3) is 11.3 Å². The number of hydrogen-bond acceptors (Lipinski definition) is 6. The summed E-state index contributed by atoms with van der Waals surface area (Å²) in [6.45, 7) is 2.13. The minimum Gasteiger partial charge on any atom is -0.343 e. The molecule has 3 atom stereocenters. The molecule has 0 N–H and O–H groups in total. The summed E-state index contributed by atoms with van der Waals surface area (Å²) in [6.07, 6.45) is -5.66. The Kier molecular flexibility index (Phi) is 4.69. The highest BCUT2D eigenvalue weighted by molar-refractivity contribution is 7.99. The van der Waals surface area contributed by atoms with E-state index in [0.717, 1.165) is 23.4 Å². The van der Waals surface area contributed by atoms with Gasteiger partial charge in [0.25, 0.3) is 0 Å². The van der Waals surface area contributed by atoms with Crippen LogP contribution in [0.4, 0.5) is 13.2 Å². The number of Topliss-reactive ketones (excluding diaryl/α,β-unsaturated/α-hetero) is 1. The van der Waals surface area contributed by atoms with E-state index in [1.165, 1.54) is 0 Å². The second-order valence-corrected chi connectivity index (χ2v) is 7.66. The van der Waals surface area contributed by atoms with Crippen molar-refractivity contribution in [1.82, 2.24) is 9.97 Å². The first-order chi connectivity index (χ1) is 12.8. The predicted molar refractivity (Wildman–Crippen MR) is 91.1 cm³/mol. The normalized spacial score (nSPS) is 25.0. The molecule has 1 aromatic heterocycles. The van der Waals surface area contributed by atoms with Gasteiger partial charge in [-0.2, -0.15) is 13.2 Å². The molecular formula is C18H15F3N2O3S. The van der Waals surface area contributed by atoms with Crippen molar-refractivity contribution in [3.05, 3.63) is 41.6 Å². The molecule has 0 unspecified atom stereocenters. The molecule has 1 aromatic carbocycles. The zero-order valence-corrected chi connectivity index (χ0v) is 15.0. The standard InChI is InChI=1S/C18H15F3N2O3S/c1-9-2-4-10(5-3-9)11-6-15(18(19,20)21)23-17(22-11)27-14-7-12(24)16-25-8-13(14)26-16/h2-6,13-14,16H,7-8H2,1H3/t13-,14-,16+/m0/s1. The number of halogens is 3. The first-order valence-electron chi connectivity index (χ1n) is 8.29. The Balaban J connectivity index is 1.68. The van der Waals surface area contributed by atoms with Gasteiger partial charge in [-0.15, -0.1) is 0 Å². The molecule has 2 aromatic rings. The average Bonchev–Trinajstić information content (AvgIpc) is 3.05. The summed E-state index contributed by atoms with van der Waals surface area (Å²) in [5.41, 5.74) is 0.727. The average molecular weight is 396 g/mol. The van der Waals surface area contributed by atoms with Crippen molar-refractivity contribution in [2.24, 2.45) is 0 Å². The van der Waals surface area contributed by atoms with Crippen LogP contribution >= 0.6 is 11.8 Å². The van der Waals surface area contributed by atoms with E-state index in [2.05, 4.69) is 9.97 Å². The summed E-state index contributed by atoms with van der Waals surface area (Å²) in [7, 11) is 0. The fourth-order valence-corrected chi connectivity index (χ4v) is 4.07. The third kappa shape index (κ3) is 3.85. The minimum atomic E-state index is -4.60. The van der Waals surface area contributed by atoms with E-state index in [9.17, 15) is 18.0 Å². The van der Waals surface area contributed by atoms with E-state index in [0.29, 0.717) is 5.56 Å². The van der Waals surface area contributed by atoms with Crippen molar-refractivity contribution in [2.75, 3.05) is 6.61 Å². The molecule has 27 heavy (non-hydrogen) atoms. The van der Waals surface area contributed by atoms with Crippen molar-refractivity contribution in [1.29, 1.82) is 0 Å². The lowest BCUT2D eigenvalue weighted by molar-refractivity contribution is -0.151. The maximum Gasteiger partial charge on any atom is 0.433 e. The van der Waals surface area contributed by atoms with Gasteiger partial charge in [-0.3, -0.25) is 4.79 Å². The Hall–Kier alpha value is -1.97. The Bertz CT molecular complexity index is 873. The van der Waals surface area contributed by atoms with Crippen LogP contribution < -0.4 is 0 Å². The largest absolute Gasteiger partial charge is 0.433 e. The third-order valence-electron chi connectivity index (χ3n) is 4.39. The molecule has 0 spiro atoms. The SMILES string of the molecule is Cc1ccc(-c2cc(C(F)(F)F)nc(S[C@H]3CC(=O)[C@@H]4OC[C@@H]3O4)n2)cc1. The van der Waals surface area contributed by atoms with Crippen LogP contribution in [-0.2, 0) is 20.4 Å². The number of carbonyl (C=O) groups excluding carboxylic acids is 1. The summed E-state index contributed by atoms with van der Waals surface area (Å²) >= 11 is 1.02. The molecule has 0 saturated carbocycles. The van der Waals surface area contributed by atoms with Gasteiger partial charge in [0, 0.05) is 17.2 Å². The molecule has 4 rings (SSSR count). The number of carbonyl (C=O) groups is 1. The number of nitrogens with zero attached hydrogens (tertiary/aromatic N) is 2. The molecule has 5 nitrogen and oxygen atoms in total. The molecule has 2 bridgehead atoms. The lowest BCUT2D eigenvalue weighted by Crippen LogP contribution is -2.37. The van der Waals surface area contributed by atoms with Crippen molar-refractivity contribution in [3.63, 3.8) is 0 Å². The molecule has 0 amide bonds. The number of ketones is 1. The molecule has 9 heteroatoms. The summed E-state index contributed by atoms with van der Waals surface area (Å²) < 4.78 is 50.6. The maximum absolute atomic E-state index is 13.3. The topological polar surface area (TPSA) is 61.3 Å². The van der Waals surface area contributed by atoms with Gasteiger partial charge in [0.15, 0.2) is 10.9 Å². The van der Waals surface area contributed by atoms with Crippen LogP contribution in [0.5, 0.6) is 0 Å². The van der Waals surface area contributed by atoms with E-state index in [4.69, 9.17) is 9.47 Å². The zero-order valence-electron chi connectivity index (χ0n) is 14.2. The number of aromatic nitrogens is 2. The van der Waals surface area contributed by atoms with Gasteiger partial charge >= 0.3 is 6.18 Å². The predicted octanol–water partition coefficient (Wildman–Crippen LogP) is 3.65. The highest BCUT2D eigenvalue weighted by atomic mass is 32.2. The van der Waals surface area contributed by atoms with Gasteiger partial charge in [0.2, 0.25) is 6.29 Å². The molecule has 3 heterocycles. The van der Waals surface area contributed by atoms with Gasteiger partial charge in [-0.05, 0) is 13.0 Å². The van der Waals surface area contributed by atoms with E-state index >= 15 is 0 Å². The zero-order chi connectivity index (χ0) is 19.2. The summed E-state index contributed by atoms with van der Waals surface area (Å²) in [4.78, 5) is 19.9. The van der Waals surface area contributed by atoms with Crippen LogP contribution in [-0.4, -0.2) is 40.0 Å². The lowest BCUT2D eigenvalue weighted by Gasteiger charge is -2.25. The fourth-order valence-electron chi connectivity index (χ4n) is 2.96. The third-order valence-corrected chi connectivity index (χ3v) is 5.56. The summed E-state index contributed by atoms with van der Waals surface area (Å²) in [5.74, 6) is -0.216. The highest BCUT2D eigenvalue weighted by Gasteiger charge is 2.44. The van der Waals surface area contributed by atoms with Crippen molar-refractivity contribution in [3.8, 4) is 11.3 Å². The Morgan fingerprint density at radius 1 is 1.19 bits per heavy atom. The summed E-state index contributed by atoms with van der Waals surface area (Å²) in [6, 6.07) is 7.98. The van der Waals surface area contributed by atoms with Gasteiger partial charge in [-0.1, -0.05) is 41.6 Å². The Morgan fingerprint density at radius 3 is 2.63 bits per heavy atom. The number of ether oxygens (including phenoxy) is 2. The molecule has 2 saturated heterocycles. The van der Waals surface area contributed by atoms with E-state index in [1.807, 2.05) is 6.92 Å². The molecular weight excluding hydrogens is 381 g/mol. The maximum atomic E-state index is 13.3. The number of alkyl halides is 3. The number of fused-ring (bicyclic) bond motifs is 2. The molecule has 2 aliphatic heterocycles. The van der Waals surface area contributed by atoms with Crippen LogP contribution in [0.2, 0.25) is 0 Å². The van der Waals surface area contributed by atoms with Gasteiger partial charge in [0.1, 0.15) is 5.69 Å². The second kappa shape index (κ2) is 6.88. The molecule has 2 fully saturated rings. The Labute approximate surface area is 157 Å². The quantitative estimate of drug-likeness (QED) is 0.739. The highest BCUT2D eigenvalue weighted by Crippen LogP contribution is 2.37. The number of thioether (sulfide) groups is 1. The van der Waals surface area contributed by atoms with Crippen molar-refractivity contribution < 1.29 is 27.4 Å². The number of hydrogen-bond donors (Lipinski definition) is 0. The van der Waals surface area contributed by atoms with Gasteiger partial charge < -0.3 is 9.47 Å². The molecule has 0 aliphatic carbocycles. The van der Waals surface area contributed by atoms with Crippen LogP contribution in [0, 0.1) is 6.92 Å². The lowest BCUT2D eigenvalue weighted by atomic mass is 10.1. The first-order valence-corrected chi connectivity index (χ1v) is 9.17. The van der Waals surface area contributed by atoms with E-state index < -0.39 is 18.2 Å². The molecule has 2 aliphatic rings. The van der Waals surface area contributed by atoms with Crippen LogP contribution in [0.15, 0.2) is 35.5 Å². The summed E-state index contributed by atoms with van der Waals surface area (Å²) in [5, 5.41) is -0.419. The monoisotopic (exact) mass is 396 g/mol. The first kappa shape index (κ1) is 18.4. The van der Waals surface area contributed by atoms with Gasteiger partial charge in [0.05, 0.1) is 18.4 Å². The minimum absolute atomic E-state index is 0.0350. The van der Waals surface area contributed by atoms with E-state index in [-0.39, 0.29) is 41.0 Å². The smallest absolute Gasteiger partial charge is 0.343 e. The second-order valence-electron chi connectivity index (χ2n) is 6.45. The van der Waals surface area contributed by atoms with Crippen LogP contribution in [0.1, 0.15) is 17.7 Å². The fraction of sp³-hybridized carbons (Fsp3) is 0.389. The molecule has 142 valence electrons. The number of benzene rings is 1. The Morgan fingerprint density at radius 2 is 1.93 bits per heavy atom. The van der Waals surface area contributed by atoms with Crippen molar-refractivity contribution in [2.45, 2.75) is 42.3 Å². The number of rotatable bonds is 3. The van der Waals surface area contributed by atoms with E-state index in [1.54, 1.807) is 24.3 Å². The van der Waals surface area contributed by atoms with Crippen LogP contribution in [0.3, 0.4) is 0 Å². The molecule has 0 radical (unpaired) electrons. The number of aryl methyl sites for hydroxylation is 1. The van der Waals surface area contributed by atoms with Crippen molar-refractivity contribution >= 4 is 17.5 Å².